The van der Waals surface area contributed by atoms with Crippen LogP contribution in [0.4, 0.5) is 17.6 Å². The van der Waals surface area contributed by atoms with Crippen molar-refractivity contribution in [2.24, 2.45) is 0 Å². The maximum Gasteiger partial charge on any atom is 0.306 e. The highest BCUT2D eigenvalue weighted by atomic mass is 32.1. The maximum absolute atomic E-state index is 11.9. The van der Waals surface area contributed by atoms with Gasteiger partial charge in [-0.15, -0.1) is 0 Å². The fourth-order valence-electron chi connectivity index (χ4n) is 2.54. The Bertz CT molecular complexity index is 1010. The summed E-state index contributed by atoms with van der Waals surface area (Å²) in [5, 5.41) is 9.45. The van der Waals surface area contributed by atoms with Crippen LogP contribution in [-0.2, 0) is 16.1 Å². The number of aromatic nitrogens is 3. The molecule has 0 aliphatic rings. The van der Waals surface area contributed by atoms with Crippen LogP contribution >= 0.6 is 11.3 Å². The Hall–Kier alpha value is -3.53. The smallest absolute Gasteiger partial charge is 0.306 e. The molecule has 0 aliphatic heterocycles. The van der Waals surface area contributed by atoms with Gasteiger partial charge < -0.3 is 21.1 Å². The summed E-state index contributed by atoms with van der Waals surface area (Å²) in [5.41, 5.74) is 8.22. The van der Waals surface area contributed by atoms with Gasteiger partial charge in [-0.25, -0.2) is 0 Å². The first kappa shape index (κ1) is 21.2. The van der Waals surface area contributed by atoms with Gasteiger partial charge in [-0.1, -0.05) is 18.2 Å². The summed E-state index contributed by atoms with van der Waals surface area (Å²) in [7, 11) is 0. The zero-order chi connectivity index (χ0) is 21.3. The number of nitrogens with zero attached hydrogens (tertiary/aromatic N) is 3. The van der Waals surface area contributed by atoms with E-state index < -0.39 is 5.97 Å². The second-order valence-corrected chi connectivity index (χ2v) is 7.19. The van der Waals surface area contributed by atoms with Crippen LogP contribution < -0.4 is 16.4 Å². The van der Waals surface area contributed by atoms with Gasteiger partial charge >= 0.3 is 5.97 Å². The third-order valence-electron chi connectivity index (χ3n) is 4.08. The van der Waals surface area contributed by atoms with Gasteiger partial charge in [0.25, 0.3) is 5.91 Å². The number of para-hydroxylation sites is 1. The van der Waals surface area contributed by atoms with Gasteiger partial charge in [0.05, 0.1) is 0 Å². The van der Waals surface area contributed by atoms with Crippen LogP contribution in [0.25, 0.3) is 0 Å². The summed E-state index contributed by atoms with van der Waals surface area (Å²) in [5.74, 6) is -0.00824. The van der Waals surface area contributed by atoms with Crippen LogP contribution in [0, 0.1) is 6.92 Å². The number of nitrogens with two attached hydrogens (primary N) is 1. The Morgan fingerprint density at radius 3 is 2.77 bits per heavy atom. The fourth-order valence-corrected chi connectivity index (χ4v) is 3.18. The predicted octanol–water partition coefficient (Wildman–Crippen LogP) is 2.82. The van der Waals surface area contributed by atoms with Crippen molar-refractivity contribution >= 4 is 40.8 Å². The number of carbonyl (C=O) groups is 2. The lowest BCUT2D eigenvalue weighted by molar-refractivity contribution is -0.145. The number of anilines is 3. The molecule has 0 unspecified atom stereocenters. The summed E-state index contributed by atoms with van der Waals surface area (Å²) in [6.07, 6.45) is 0.632. The van der Waals surface area contributed by atoms with Crippen molar-refractivity contribution in [3.63, 3.8) is 0 Å². The SMILES string of the molecule is Cc1ccccc1Nc1nc(N)nc(COC(=O)CCCNC(=O)c2ccsc2)n1. The van der Waals surface area contributed by atoms with Crippen molar-refractivity contribution in [1.82, 2.24) is 20.3 Å². The van der Waals surface area contributed by atoms with Crippen LogP contribution in [0.1, 0.15) is 34.6 Å². The normalized spacial score (nSPS) is 10.4. The number of ether oxygens (including phenoxy) is 1. The molecule has 3 rings (SSSR count). The summed E-state index contributed by atoms with van der Waals surface area (Å²) in [6, 6.07) is 9.42. The van der Waals surface area contributed by atoms with Gasteiger partial charge in [0.15, 0.2) is 12.4 Å². The quantitative estimate of drug-likeness (QED) is 0.351. The number of carbonyl (C=O) groups excluding carboxylic acids is 2. The molecule has 0 bridgehead atoms. The van der Waals surface area contributed by atoms with E-state index >= 15 is 0 Å². The molecule has 1 amide bonds. The van der Waals surface area contributed by atoms with Crippen LogP contribution in [0.15, 0.2) is 41.1 Å². The van der Waals surface area contributed by atoms with Crippen molar-refractivity contribution in [3.05, 3.63) is 58.0 Å². The molecular weight excluding hydrogens is 404 g/mol. The second kappa shape index (κ2) is 10.3. The Labute approximate surface area is 177 Å². The summed E-state index contributed by atoms with van der Waals surface area (Å²) in [4.78, 5) is 36.1. The summed E-state index contributed by atoms with van der Waals surface area (Å²) in [6.45, 7) is 2.22. The third-order valence-corrected chi connectivity index (χ3v) is 4.76. The molecule has 1 aromatic carbocycles. The lowest BCUT2D eigenvalue weighted by Gasteiger charge is -2.10. The third kappa shape index (κ3) is 6.24. The zero-order valence-corrected chi connectivity index (χ0v) is 17.2. The topological polar surface area (TPSA) is 132 Å². The Morgan fingerprint density at radius 1 is 1.17 bits per heavy atom. The number of amides is 1. The molecular formula is C20H22N6O3S. The van der Waals surface area contributed by atoms with Gasteiger partial charge in [-0.2, -0.15) is 26.3 Å². The van der Waals surface area contributed by atoms with E-state index in [1.165, 1.54) is 11.3 Å². The molecule has 2 heterocycles. The minimum Gasteiger partial charge on any atom is -0.457 e. The van der Waals surface area contributed by atoms with Crippen LogP contribution in [0.2, 0.25) is 0 Å². The van der Waals surface area contributed by atoms with Gasteiger partial charge in [0, 0.05) is 29.6 Å². The highest BCUT2D eigenvalue weighted by Crippen LogP contribution is 2.18. The Balaban J connectivity index is 1.44. The molecule has 0 radical (unpaired) electrons. The number of hydrogen-bond acceptors (Lipinski definition) is 9. The average Bonchev–Trinajstić information content (AvgIpc) is 3.26. The van der Waals surface area contributed by atoms with Crippen molar-refractivity contribution in [2.45, 2.75) is 26.4 Å². The predicted molar refractivity (Wildman–Crippen MR) is 114 cm³/mol. The summed E-state index contributed by atoms with van der Waals surface area (Å²) >= 11 is 1.45. The molecule has 3 aromatic rings. The molecule has 4 N–H and O–H groups in total. The van der Waals surface area contributed by atoms with E-state index in [-0.39, 0.29) is 36.7 Å². The van der Waals surface area contributed by atoms with E-state index in [9.17, 15) is 9.59 Å². The molecule has 10 heteroatoms. The number of hydrogen-bond donors (Lipinski definition) is 3. The first-order valence-corrected chi connectivity index (χ1v) is 10.2. The average molecular weight is 427 g/mol. The Kier molecular flexibility index (Phi) is 7.28. The molecule has 0 fully saturated rings. The van der Waals surface area contributed by atoms with Gasteiger partial charge in [0.1, 0.15) is 0 Å². The molecule has 0 spiro atoms. The van der Waals surface area contributed by atoms with Crippen molar-refractivity contribution in [2.75, 3.05) is 17.6 Å². The number of esters is 1. The monoisotopic (exact) mass is 426 g/mol. The van der Waals surface area contributed by atoms with E-state index in [2.05, 4.69) is 25.6 Å². The van der Waals surface area contributed by atoms with E-state index in [1.807, 2.05) is 36.6 Å². The summed E-state index contributed by atoms with van der Waals surface area (Å²) < 4.78 is 5.21. The van der Waals surface area contributed by atoms with Crippen LogP contribution in [0.5, 0.6) is 0 Å². The van der Waals surface area contributed by atoms with Gasteiger partial charge in [0.2, 0.25) is 11.9 Å². The van der Waals surface area contributed by atoms with Gasteiger partial charge in [-0.05, 0) is 36.4 Å². The largest absolute Gasteiger partial charge is 0.457 e. The minimum atomic E-state index is -0.410. The highest BCUT2D eigenvalue weighted by Gasteiger charge is 2.10. The number of nitrogen functional groups attached to an aromatic ring is 1. The van der Waals surface area contributed by atoms with Crippen molar-refractivity contribution < 1.29 is 14.3 Å². The van der Waals surface area contributed by atoms with Crippen molar-refractivity contribution in [3.8, 4) is 0 Å². The van der Waals surface area contributed by atoms with Crippen molar-refractivity contribution in [1.29, 1.82) is 0 Å². The molecule has 0 aliphatic carbocycles. The second-order valence-electron chi connectivity index (χ2n) is 6.41. The standard InChI is InChI=1S/C20H22N6O3S/c1-13-5-2-3-6-15(13)23-20-25-16(24-19(21)26-20)11-29-17(27)7-4-9-22-18(28)14-8-10-30-12-14/h2-3,5-6,8,10,12H,4,7,9,11H2,1H3,(H,22,28)(H3,21,23,24,25,26). The van der Waals surface area contributed by atoms with Crippen LogP contribution in [0.3, 0.4) is 0 Å². The van der Waals surface area contributed by atoms with E-state index in [0.29, 0.717) is 18.5 Å². The minimum absolute atomic E-state index is 0.0308. The number of benzene rings is 1. The number of thiophene rings is 1. The molecule has 9 nitrogen and oxygen atoms in total. The zero-order valence-electron chi connectivity index (χ0n) is 16.4. The molecule has 0 saturated carbocycles. The Morgan fingerprint density at radius 2 is 2.00 bits per heavy atom. The van der Waals surface area contributed by atoms with E-state index in [1.54, 1.807) is 11.4 Å². The lowest BCUT2D eigenvalue weighted by atomic mass is 10.2. The first-order valence-electron chi connectivity index (χ1n) is 9.30. The first-order chi connectivity index (χ1) is 14.5. The number of rotatable bonds is 9. The number of aryl methyl sites for hydroxylation is 1. The molecule has 0 atom stereocenters. The van der Waals surface area contributed by atoms with E-state index in [0.717, 1.165) is 11.3 Å². The number of nitrogens with one attached hydrogen (secondary N) is 2. The molecule has 30 heavy (non-hydrogen) atoms. The lowest BCUT2D eigenvalue weighted by Crippen LogP contribution is -2.24. The fraction of sp³-hybridized carbons (Fsp3) is 0.250. The molecule has 2 aromatic heterocycles. The maximum atomic E-state index is 11.9. The highest BCUT2D eigenvalue weighted by molar-refractivity contribution is 7.08. The van der Waals surface area contributed by atoms with Gasteiger partial charge in [-0.3, -0.25) is 9.59 Å². The molecule has 156 valence electrons. The van der Waals surface area contributed by atoms with Crippen LogP contribution in [-0.4, -0.2) is 33.4 Å². The van der Waals surface area contributed by atoms with E-state index in [4.69, 9.17) is 10.5 Å². The molecule has 0 saturated heterocycles.